The predicted octanol–water partition coefficient (Wildman–Crippen LogP) is 3.90. The molecule has 106 valence electrons. The van der Waals surface area contributed by atoms with Gasteiger partial charge < -0.3 is 0 Å². The van der Waals surface area contributed by atoms with Gasteiger partial charge in [0, 0.05) is 5.02 Å². The third-order valence-corrected chi connectivity index (χ3v) is 4.44. The van der Waals surface area contributed by atoms with Gasteiger partial charge in [0.2, 0.25) is 0 Å². The normalized spacial score (nSPS) is 11.4. The van der Waals surface area contributed by atoms with Gasteiger partial charge in [-0.2, -0.15) is 0 Å². The third-order valence-electron chi connectivity index (χ3n) is 2.81. The Balaban J connectivity index is 2.41. The van der Waals surface area contributed by atoms with Gasteiger partial charge in [0.05, 0.1) is 5.69 Å². The van der Waals surface area contributed by atoms with Gasteiger partial charge in [0.1, 0.15) is 10.7 Å². The molecule has 0 aliphatic heterocycles. The molecule has 0 saturated heterocycles. The van der Waals surface area contributed by atoms with Gasteiger partial charge in [-0.3, -0.25) is 4.72 Å². The Bertz CT molecular complexity index is 760. The van der Waals surface area contributed by atoms with Crippen molar-refractivity contribution in [3.63, 3.8) is 0 Å². The van der Waals surface area contributed by atoms with Crippen LogP contribution in [0.25, 0.3) is 0 Å². The minimum Gasteiger partial charge on any atom is -0.279 e. The molecule has 6 heteroatoms. The summed E-state index contributed by atoms with van der Waals surface area (Å²) in [6.45, 7) is 3.69. The molecule has 0 spiro atoms. The van der Waals surface area contributed by atoms with Crippen LogP contribution >= 0.6 is 11.6 Å². The van der Waals surface area contributed by atoms with Crippen LogP contribution in [-0.4, -0.2) is 8.42 Å². The lowest BCUT2D eigenvalue weighted by Crippen LogP contribution is -2.15. The number of aryl methyl sites for hydroxylation is 2. The molecule has 0 aliphatic rings. The van der Waals surface area contributed by atoms with E-state index in [1.165, 1.54) is 6.07 Å². The van der Waals surface area contributed by atoms with E-state index in [1.807, 2.05) is 13.0 Å². The predicted molar refractivity (Wildman–Crippen MR) is 78.1 cm³/mol. The molecule has 0 aliphatic carbocycles. The highest BCUT2D eigenvalue weighted by atomic mass is 35.5. The molecule has 1 N–H and O–H groups in total. The van der Waals surface area contributed by atoms with Crippen molar-refractivity contribution >= 4 is 27.3 Å². The van der Waals surface area contributed by atoms with E-state index < -0.39 is 20.7 Å². The molecule has 0 aromatic heterocycles. The van der Waals surface area contributed by atoms with E-state index in [2.05, 4.69) is 4.72 Å². The molecule has 2 aromatic carbocycles. The Morgan fingerprint density at radius 1 is 1.10 bits per heavy atom. The van der Waals surface area contributed by atoms with Gasteiger partial charge in [-0.25, -0.2) is 12.8 Å². The minimum absolute atomic E-state index is 0.146. The lowest BCUT2D eigenvalue weighted by atomic mass is 10.1. The highest BCUT2D eigenvalue weighted by molar-refractivity contribution is 7.92. The third kappa shape index (κ3) is 3.11. The first-order chi connectivity index (χ1) is 9.29. The van der Waals surface area contributed by atoms with E-state index in [4.69, 9.17) is 11.6 Å². The van der Waals surface area contributed by atoms with E-state index >= 15 is 0 Å². The van der Waals surface area contributed by atoms with Gasteiger partial charge in [-0.05, 0) is 43.7 Å². The van der Waals surface area contributed by atoms with Crippen molar-refractivity contribution in [2.75, 3.05) is 4.72 Å². The van der Waals surface area contributed by atoms with E-state index in [1.54, 1.807) is 19.1 Å². The smallest absolute Gasteiger partial charge is 0.264 e. The standard InChI is InChI=1S/C14H13ClFNO2S/c1-9-3-5-13(10(2)7-9)17-20(18,19)14-6-4-11(15)8-12(14)16/h3-8,17H,1-2H3. The highest BCUT2D eigenvalue weighted by Gasteiger charge is 2.20. The average molecular weight is 314 g/mol. The molecule has 0 radical (unpaired) electrons. The topological polar surface area (TPSA) is 46.2 Å². The van der Waals surface area contributed by atoms with Crippen molar-refractivity contribution in [2.45, 2.75) is 18.7 Å². The zero-order valence-electron chi connectivity index (χ0n) is 10.9. The fourth-order valence-electron chi connectivity index (χ4n) is 1.82. The second kappa shape index (κ2) is 5.42. The Morgan fingerprint density at radius 2 is 1.80 bits per heavy atom. The molecular formula is C14H13ClFNO2S. The first-order valence-electron chi connectivity index (χ1n) is 5.85. The summed E-state index contributed by atoms with van der Waals surface area (Å²) in [6.07, 6.45) is 0. The SMILES string of the molecule is Cc1ccc(NS(=O)(=O)c2ccc(Cl)cc2F)c(C)c1. The fourth-order valence-corrected chi connectivity index (χ4v) is 3.17. The lowest BCUT2D eigenvalue weighted by Gasteiger charge is -2.11. The van der Waals surface area contributed by atoms with Gasteiger partial charge in [-0.15, -0.1) is 0 Å². The van der Waals surface area contributed by atoms with Crippen LogP contribution in [0.3, 0.4) is 0 Å². The van der Waals surface area contributed by atoms with Crippen LogP contribution < -0.4 is 4.72 Å². The maximum absolute atomic E-state index is 13.7. The van der Waals surface area contributed by atoms with Gasteiger partial charge in [0.15, 0.2) is 0 Å². The number of nitrogens with one attached hydrogen (secondary N) is 1. The maximum atomic E-state index is 13.7. The first-order valence-corrected chi connectivity index (χ1v) is 7.71. The van der Waals surface area contributed by atoms with Gasteiger partial charge in [-0.1, -0.05) is 29.3 Å². The van der Waals surface area contributed by atoms with Crippen molar-refractivity contribution in [1.29, 1.82) is 0 Å². The summed E-state index contributed by atoms with van der Waals surface area (Å²) in [5.41, 5.74) is 2.20. The largest absolute Gasteiger partial charge is 0.279 e. The van der Waals surface area contributed by atoms with Crippen LogP contribution in [0.4, 0.5) is 10.1 Å². The Labute approximate surface area is 122 Å². The summed E-state index contributed by atoms with van der Waals surface area (Å²) in [5.74, 6) is -0.880. The van der Waals surface area contributed by atoms with Crippen LogP contribution in [0, 0.1) is 19.7 Å². The van der Waals surface area contributed by atoms with Gasteiger partial charge >= 0.3 is 0 Å². The van der Waals surface area contributed by atoms with E-state index in [0.29, 0.717) is 5.69 Å². The van der Waals surface area contributed by atoms with Crippen LogP contribution in [0.1, 0.15) is 11.1 Å². The second-order valence-corrected chi connectivity index (χ2v) is 6.59. The van der Waals surface area contributed by atoms with Crippen LogP contribution in [-0.2, 0) is 10.0 Å². The van der Waals surface area contributed by atoms with Crippen molar-refractivity contribution in [2.24, 2.45) is 0 Å². The summed E-state index contributed by atoms with van der Waals surface area (Å²) in [5, 5.41) is 0.146. The molecule has 20 heavy (non-hydrogen) atoms. The Morgan fingerprint density at radius 3 is 2.40 bits per heavy atom. The van der Waals surface area contributed by atoms with Crippen molar-refractivity contribution in [3.8, 4) is 0 Å². The zero-order valence-corrected chi connectivity index (χ0v) is 12.5. The second-order valence-electron chi connectivity index (χ2n) is 4.50. The van der Waals surface area contributed by atoms with E-state index in [9.17, 15) is 12.8 Å². The Hall–Kier alpha value is -1.59. The maximum Gasteiger partial charge on any atom is 0.264 e. The molecule has 0 saturated carbocycles. The van der Waals surface area contributed by atoms with Crippen molar-refractivity contribution in [1.82, 2.24) is 0 Å². The summed E-state index contributed by atoms with van der Waals surface area (Å²) in [4.78, 5) is -0.429. The molecule has 0 heterocycles. The van der Waals surface area contributed by atoms with Crippen LogP contribution in [0.2, 0.25) is 5.02 Å². The molecular weight excluding hydrogens is 301 g/mol. The zero-order chi connectivity index (χ0) is 14.9. The van der Waals surface area contributed by atoms with E-state index in [0.717, 1.165) is 23.3 Å². The highest BCUT2D eigenvalue weighted by Crippen LogP contribution is 2.23. The monoisotopic (exact) mass is 313 g/mol. The quantitative estimate of drug-likeness (QED) is 0.934. The average Bonchev–Trinajstić information content (AvgIpc) is 2.32. The van der Waals surface area contributed by atoms with Crippen molar-refractivity contribution < 1.29 is 12.8 Å². The molecule has 0 fully saturated rings. The molecule has 0 bridgehead atoms. The summed E-state index contributed by atoms with van der Waals surface area (Å²) in [6, 6.07) is 8.72. The number of benzene rings is 2. The molecule has 2 rings (SSSR count). The number of anilines is 1. The fraction of sp³-hybridized carbons (Fsp3) is 0.143. The molecule has 0 unspecified atom stereocenters. The number of halogens is 2. The van der Waals surface area contributed by atoms with Crippen LogP contribution in [0.5, 0.6) is 0 Å². The van der Waals surface area contributed by atoms with E-state index in [-0.39, 0.29) is 5.02 Å². The minimum atomic E-state index is -3.98. The van der Waals surface area contributed by atoms with Gasteiger partial charge in [0.25, 0.3) is 10.0 Å². The molecule has 3 nitrogen and oxygen atoms in total. The number of hydrogen-bond donors (Lipinski definition) is 1. The molecule has 2 aromatic rings. The number of hydrogen-bond acceptors (Lipinski definition) is 2. The number of rotatable bonds is 3. The van der Waals surface area contributed by atoms with Crippen molar-refractivity contribution in [3.05, 3.63) is 58.4 Å². The Kier molecular flexibility index (Phi) is 4.01. The first kappa shape index (κ1) is 14.8. The summed E-state index contributed by atoms with van der Waals surface area (Å²) < 4.78 is 40.4. The summed E-state index contributed by atoms with van der Waals surface area (Å²) in [7, 11) is -3.98. The molecule has 0 amide bonds. The molecule has 0 atom stereocenters. The lowest BCUT2D eigenvalue weighted by molar-refractivity contribution is 0.570. The summed E-state index contributed by atoms with van der Waals surface area (Å²) >= 11 is 5.61. The number of sulfonamides is 1. The van der Waals surface area contributed by atoms with Crippen LogP contribution in [0.15, 0.2) is 41.3 Å².